The fraction of sp³-hybridized carbons (Fsp3) is 0.500. The maximum Gasteiger partial charge on any atom is 0.188 e. The Morgan fingerprint density at radius 1 is 1.23 bits per heavy atom. The summed E-state index contributed by atoms with van der Waals surface area (Å²) in [6.45, 7) is 1.58. The Morgan fingerprint density at radius 2 is 2.05 bits per heavy atom. The van der Waals surface area contributed by atoms with Crippen molar-refractivity contribution in [2.24, 2.45) is 10.7 Å². The van der Waals surface area contributed by atoms with Gasteiger partial charge >= 0.3 is 0 Å². The summed E-state index contributed by atoms with van der Waals surface area (Å²) < 4.78 is 5.15. The topological polar surface area (TPSA) is 59.6 Å². The first-order valence-electron chi connectivity index (χ1n) is 8.12. The van der Waals surface area contributed by atoms with Crippen LogP contribution >= 0.6 is 0 Å². The van der Waals surface area contributed by atoms with Crippen LogP contribution in [0.4, 0.5) is 0 Å². The van der Waals surface area contributed by atoms with Gasteiger partial charge in [0.1, 0.15) is 5.75 Å². The molecule has 0 spiro atoms. The minimum atomic E-state index is 0.546. The van der Waals surface area contributed by atoms with E-state index in [9.17, 15) is 0 Å². The molecular weight excluding hydrogens is 274 g/mol. The van der Waals surface area contributed by atoms with Crippen molar-refractivity contribution in [2.75, 3.05) is 20.2 Å². The molecule has 0 atom stereocenters. The van der Waals surface area contributed by atoms with Crippen LogP contribution in [0, 0.1) is 0 Å². The molecule has 0 aliphatic heterocycles. The lowest BCUT2D eigenvalue weighted by Crippen LogP contribution is -2.33. The van der Waals surface area contributed by atoms with Crippen LogP contribution in [0.5, 0.6) is 5.75 Å². The average molecular weight is 301 g/mol. The minimum Gasteiger partial charge on any atom is -0.497 e. The molecule has 1 aliphatic rings. The minimum absolute atomic E-state index is 0.546. The highest BCUT2D eigenvalue weighted by atomic mass is 16.5. The second kappa shape index (κ2) is 9.13. The summed E-state index contributed by atoms with van der Waals surface area (Å²) >= 11 is 0. The molecule has 120 valence electrons. The number of hydrogen-bond donors (Lipinski definition) is 2. The van der Waals surface area contributed by atoms with Crippen LogP contribution in [0.3, 0.4) is 0 Å². The summed E-state index contributed by atoms with van der Waals surface area (Å²) in [4.78, 5) is 4.40. The highest BCUT2D eigenvalue weighted by Gasteiger charge is 2.02. The van der Waals surface area contributed by atoms with Crippen LogP contribution in [0.25, 0.3) is 0 Å². The fourth-order valence-electron chi connectivity index (χ4n) is 2.63. The van der Waals surface area contributed by atoms with Crippen molar-refractivity contribution in [1.82, 2.24) is 5.32 Å². The van der Waals surface area contributed by atoms with Crippen molar-refractivity contribution in [3.8, 4) is 5.75 Å². The molecule has 0 bridgehead atoms. The fourth-order valence-corrected chi connectivity index (χ4v) is 2.63. The number of guanidine groups is 1. The van der Waals surface area contributed by atoms with Gasteiger partial charge in [-0.25, -0.2) is 0 Å². The van der Waals surface area contributed by atoms with Gasteiger partial charge in [-0.3, -0.25) is 4.99 Å². The maximum absolute atomic E-state index is 5.90. The molecule has 1 aliphatic carbocycles. The molecule has 0 saturated heterocycles. The summed E-state index contributed by atoms with van der Waals surface area (Å²) in [5.41, 5.74) is 8.70. The first kappa shape index (κ1) is 16.4. The number of aliphatic imine (C=N–C) groups is 1. The van der Waals surface area contributed by atoms with Crippen molar-refractivity contribution < 1.29 is 4.74 Å². The van der Waals surface area contributed by atoms with Crippen LogP contribution in [-0.2, 0) is 6.42 Å². The predicted octanol–water partition coefficient (Wildman–Crippen LogP) is 3.03. The number of nitrogens with one attached hydrogen (secondary N) is 1. The van der Waals surface area contributed by atoms with E-state index in [1.54, 1.807) is 12.7 Å². The molecule has 0 radical (unpaired) electrons. The van der Waals surface area contributed by atoms with E-state index < -0.39 is 0 Å². The van der Waals surface area contributed by atoms with Gasteiger partial charge in [0.05, 0.1) is 7.11 Å². The Balaban J connectivity index is 1.64. The molecule has 4 heteroatoms. The number of allylic oxidation sites excluding steroid dienone is 1. The van der Waals surface area contributed by atoms with E-state index in [1.165, 1.54) is 31.2 Å². The zero-order valence-electron chi connectivity index (χ0n) is 13.5. The molecule has 4 nitrogen and oxygen atoms in total. The lowest BCUT2D eigenvalue weighted by Gasteiger charge is -2.11. The summed E-state index contributed by atoms with van der Waals surface area (Å²) in [5, 5.41) is 3.17. The van der Waals surface area contributed by atoms with Crippen molar-refractivity contribution in [3.05, 3.63) is 41.5 Å². The molecule has 1 aromatic carbocycles. The van der Waals surface area contributed by atoms with Crippen LogP contribution in [0.1, 0.15) is 37.7 Å². The standard InChI is InChI=1S/C18H27N3O/c1-22-17-9-7-16(8-10-17)12-14-21-18(19)20-13-11-15-5-3-2-4-6-15/h5,7-10H,2-4,6,11-14H2,1H3,(H3,19,20,21). The van der Waals surface area contributed by atoms with Crippen LogP contribution < -0.4 is 15.8 Å². The lowest BCUT2D eigenvalue weighted by atomic mass is 9.97. The van der Waals surface area contributed by atoms with E-state index in [0.29, 0.717) is 5.96 Å². The van der Waals surface area contributed by atoms with E-state index in [-0.39, 0.29) is 0 Å². The monoisotopic (exact) mass is 301 g/mol. The van der Waals surface area contributed by atoms with Gasteiger partial charge in [0.2, 0.25) is 0 Å². The van der Waals surface area contributed by atoms with Gasteiger partial charge in [-0.2, -0.15) is 0 Å². The van der Waals surface area contributed by atoms with Gasteiger partial charge in [0.15, 0.2) is 5.96 Å². The van der Waals surface area contributed by atoms with Gasteiger partial charge in [0, 0.05) is 13.1 Å². The molecule has 0 unspecified atom stereocenters. The molecule has 1 aromatic rings. The molecule has 0 saturated carbocycles. The van der Waals surface area contributed by atoms with Gasteiger partial charge in [-0.15, -0.1) is 0 Å². The Hall–Kier alpha value is -1.97. The van der Waals surface area contributed by atoms with Crippen LogP contribution in [-0.4, -0.2) is 26.2 Å². The number of rotatable bonds is 7. The molecular formula is C18H27N3O. The average Bonchev–Trinajstić information content (AvgIpc) is 2.56. The molecule has 0 amide bonds. The number of ether oxygens (including phenoxy) is 1. The number of nitrogens with two attached hydrogens (primary N) is 1. The molecule has 0 heterocycles. The van der Waals surface area contributed by atoms with E-state index in [0.717, 1.165) is 31.7 Å². The van der Waals surface area contributed by atoms with E-state index in [1.807, 2.05) is 12.1 Å². The first-order valence-corrected chi connectivity index (χ1v) is 8.12. The SMILES string of the molecule is COc1ccc(CCNC(N)=NCCC2=CCCCC2)cc1. The highest BCUT2D eigenvalue weighted by Crippen LogP contribution is 2.19. The Labute approximate surface area is 133 Å². The summed E-state index contributed by atoms with van der Waals surface area (Å²) in [6.07, 6.45) is 9.46. The lowest BCUT2D eigenvalue weighted by molar-refractivity contribution is 0.414. The predicted molar refractivity (Wildman–Crippen MR) is 92.4 cm³/mol. The molecule has 0 fully saturated rings. The van der Waals surface area contributed by atoms with Crippen molar-refractivity contribution in [3.63, 3.8) is 0 Å². The largest absolute Gasteiger partial charge is 0.497 e. The Kier molecular flexibility index (Phi) is 6.81. The van der Waals surface area contributed by atoms with Gasteiger partial charge in [0.25, 0.3) is 0 Å². The maximum atomic E-state index is 5.90. The molecule has 2 rings (SSSR count). The van der Waals surface area contributed by atoms with Crippen LogP contribution in [0.2, 0.25) is 0 Å². The van der Waals surface area contributed by atoms with Gasteiger partial charge in [-0.1, -0.05) is 23.8 Å². The van der Waals surface area contributed by atoms with E-state index in [4.69, 9.17) is 10.5 Å². The third-order valence-electron chi connectivity index (χ3n) is 3.98. The van der Waals surface area contributed by atoms with E-state index in [2.05, 4.69) is 28.5 Å². The zero-order valence-corrected chi connectivity index (χ0v) is 13.5. The summed E-state index contributed by atoms with van der Waals surface area (Å²) in [6, 6.07) is 8.10. The number of hydrogen-bond acceptors (Lipinski definition) is 2. The highest BCUT2D eigenvalue weighted by molar-refractivity contribution is 5.77. The van der Waals surface area contributed by atoms with Gasteiger partial charge < -0.3 is 15.8 Å². The molecule has 0 aromatic heterocycles. The smallest absolute Gasteiger partial charge is 0.188 e. The van der Waals surface area contributed by atoms with Crippen molar-refractivity contribution in [2.45, 2.75) is 38.5 Å². The zero-order chi connectivity index (χ0) is 15.6. The number of nitrogens with zero attached hydrogens (tertiary/aromatic N) is 1. The number of methoxy groups -OCH3 is 1. The second-order valence-electron chi connectivity index (χ2n) is 5.65. The number of benzene rings is 1. The first-order chi connectivity index (χ1) is 10.8. The summed E-state index contributed by atoms with van der Waals surface area (Å²) in [7, 11) is 1.68. The normalized spacial score (nSPS) is 15.3. The van der Waals surface area contributed by atoms with Gasteiger partial charge in [-0.05, 0) is 56.2 Å². The van der Waals surface area contributed by atoms with E-state index >= 15 is 0 Å². The molecule has 3 N–H and O–H groups in total. The van der Waals surface area contributed by atoms with Crippen molar-refractivity contribution in [1.29, 1.82) is 0 Å². The summed E-state index contributed by atoms with van der Waals surface area (Å²) in [5.74, 6) is 1.43. The molecule has 22 heavy (non-hydrogen) atoms. The Morgan fingerprint density at radius 3 is 2.73 bits per heavy atom. The quantitative estimate of drug-likeness (QED) is 0.462. The Bertz CT molecular complexity index is 506. The van der Waals surface area contributed by atoms with Crippen LogP contribution in [0.15, 0.2) is 40.9 Å². The van der Waals surface area contributed by atoms with Crippen molar-refractivity contribution >= 4 is 5.96 Å². The third-order valence-corrected chi connectivity index (χ3v) is 3.98. The second-order valence-corrected chi connectivity index (χ2v) is 5.65. The third kappa shape index (κ3) is 5.80.